The fourth-order valence-corrected chi connectivity index (χ4v) is 1.81. The van der Waals surface area contributed by atoms with Gasteiger partial charge in [0.25, 0.3) is 0 Å². The number of thiol groups is 1. The van der Waals surface area contributed by atoms with E-state index >= 15 is 0 Å². The molecule has 2 heteroatoms. The van der Waals surface area contributed by atoms with Crippen molar-refractivity contribution >= 4 is 18.9 Å². The molecule has 0 heterocycles. The monoisotopic (exact) mass is 214 g/mol. The van der Waals surface area contributed by atoms with Crippen molar-refractivity contribution in [3.63, 3.8) is 0 Å². The van der Waals surface area contributed by atoms with Crippen molar-refractivity contribution in [1.82, 2.24) is 0 Å². The summed E-state index contributed by atoms with van der Waals surface area (Å²) in [4.78, 5) is 11.7. The summed E-state index contributed by atoms with van der Waals surface area (Å²) >= 11 is 4.27. The Bertz CT molecular complexity index is 477. The average molecular weight is 214 g/mol. The van der Waals surface area contributed by atoms with Gasteiger partial charge in [-0.2, -0.15) is 0 Å². The SMILES string of the molecule is O=Cc1c(S)cccc1-c1ccccc1. The Morgan fingerprint density at radius 1 is 0.933 bits per heavy atom. The van der Waals surface area contributed by atoms with Gasteiger partial charge in [-0.25, -0.2) is 0 Å². The molecule has 0 bridgehead atoms. The summed E-state index contributed by atoms with van der Waals surface area (Å²) in [6.07, 6.45) is 0.852. The van der Waals surface area contributed by atoms with Crippen LogP contribution in [-0.4, -0.2) is 6.29 Å². The lowest BCUT2D eigenvalue weighted by atomic mass is 10.0. The van der Waals surface area contributed by atoms with E-state index in [1.807, 2.05) is 48.5 Å². The van der Waals surface area contributed by atoms with E-state index in [4.69, 9.17) is 0 Å². The largest absolute Gasteiger partial charge is 0.298 e. The number of carbonyl (C=O) groups excluding carboxylic acids is 1. The van der Waals surface area contributed by atoms with Crippen LogP contribution in [0.5, 0.6) is 0 Å². The molecular weight excluding hydrogens is 204 g/mol. The predicted octanol–water partition coefficient (Wildman–Crippen LogP) is 3.45. The van der Waals surface area contributed by atoms with Crippen LogP contribution in [0.2, 0.25) is 0 Å². The molecule has 74 valence electrons. The van der Waals surface area contributed by atoms with E-state index in [2.05, 4.69) is 12.6 Å². The summed E-state index contributed by atoms with van der Waals surface area (Å²) in [7, 11) is 0. The first-order chi connectivity index (χ1) is 7.33. The second kappa shape index (κ2) is 4.32. The zero-order valence-electron chi connectivity index (χ0n) is 8.05. The fraction of sp³-hybridized carbons (Fsp3) is 0. The molecule has 1 nitrogen and oxygen atoms in total. The first kappa shape index (κ1) is 9.99. The molecule has 0 fully saturated rings. The van der Waals surface area contributed by atoms with Gasteiger partial charge in [-0.15, -0.1) is 12.6 Å². The van der Waals surface area contributed by atoms with Crippen LogP contribution in [-0.2, 0) is 0 Å². The van der Waals surface area contributed by atoms with Gasteiger partial charge in [0.2, 0.25) is 0 Å². The van der Waals surface area contributed by atoms with Crippen molar-refractivity contribution in [3.8, 4) is 11.1 Å². The van der Waals surface area contributed by atoms with Crippen molar-refractivity contribution in [2.75, 3.05) is 0 Å². The van der Waals surface area contributed by atoms with Gasteiger partial charge in [-0.05, 0) is 17.2 Å². The van der Waals surface area contributed by atoms with Crippen LogP contribution in [0.3, 0.4) is 0 Å². The number of benzene rings is 2. The number of hydrogen-bond acceptors (Lipinski definition) is 2. The van der Waals surface area contributed by atoms with Gasteiger partial charge in [0.1, 0.15) is 0 Å². The molecule has 2 aromatic carbocycles. The molecule has 15 heavy (non-hydrogen) atoms. The number of carbonyl (C=O) groups is 1. The molecule has 0 radical (unpaired) electrons. The molecule has 0 amide bonds. The lowest BCUT2D eigenvalue weighted by molar-refractivity contribution is 0.112. The molecular formula is C13H10OS. The van der Waals surface area contributed by atoms with E-state index in [-0.39, 0.29) is 0 Å². The topological polar surface area (TPSA) is 17.1 Å². The summed E-state index contributed by atoms with van der Waals surface area (Å²) in [5.41, 5.74) is 2.61. The van der Waals surface area contributed by atoms with E-state index in [0.717, 1.165) is 17.4 Å². The van der Waals surface area contributed by atoms with Crippen molar-refractivity contribution < 1.29 is 4.79 Å². The van der Waals surface area contributed by atoms with Crippen LogP contribution in [0.4, 0.5) is 0 Å². The maximum Gasteiger partial charge on any atom is 0.151 e. The normalized spacial score (nSPS) is 9.93. The average Bonchev–Trinajstić information content (AvgIpc) is 2.30. The van der Waals surface area contributed by atoms with E-state index in [1.54, 1.807) is 0 Å². The Morgan fingerprint density at radius 3 is 2.33 bits per heavy atom. The van der Waals surface area contributed by atoms with Crippen molar-refractivity contribution in [2.45, 2.75) is 4.90 Å². The third-order valence-corrected chi connectivity index (χ3v) is 2.68. The Balaban J connectivity index is 2.63. The smallest absolute Gasteiger partial charge is 0.151 e. The minimum Gasteiger partial charge on any atom is -0.298 e. The summed E-state index contributed by atoms with van der Waals surface area (Å²) in [5, 5.41) is 0. The fourth-order valence-electron chi connectivity index (χ4n) is 1.55. The Labute approximate surface area is 94.2 Å². The molecule has 0 N–H and O–H groups in total. The molecule has 0 spiro atoms. The van der Waals surface area contributed by atoms with Crippen molar-refractivity contribution in [2.24, 2.45) is 0 Å². The molecule has 0 aromatic heterocycles. The molecule has 2 aromatic rings. The van der Waals surface area contributed by atoms with E-state index < -0.39 is 0 Å². The molecule has 0 aliphatic rings. The lowest BCUT2D eigenvalue weighted by Gasteiger charge is -2.06. The van der Waals surface area contributed by atoms with Gasteiger partial charge >= 0.3 is 0 Å². The van der Waals surface area contributed by atoms with Crippen LogP contribution in [0.25, 0.3) is 11.1 Å². The highest BCUT2D eigenvalue weighted by Crippen LogP contribution is 2.26. The van der Waals surface area contributed by atoms with Crippen LogP contribution < -0.4 is 0 Å². The standard InChI is InChI=1S/C13H10OS/c14-9-12-11(7-4-8-13(12)15)10-5-2-1-3-6-10/h1-9,15H. The molecule has 0 aliphatic heterocycles. The van der Waals surface area contributed by atoms with E-state index in [1.165, 1.54) is 0 Å². The van der Waals surface area contributed by atoms with Gasteiger partial charge in [0.05, 0.1) is 0 Å². The predicted molar refractivity (Wildman–Crippen MR) is 64.5 cm³/mol. The summed E-state index contributed by atoms with van der Waals surface area (Å²) < 4.78 is 0. The number of hydrogen-bond donors (Lipinski definition) is 1. The zero-order valence-corrected chi connectivity index (χ0v) is 8.95. The summed E-state index contributed by atoms with van der Waals surface area (Å²) in [6.45, 7) is 0. The van der Waals surface area contributed by atoms with Gasteiger partial charge in [-0.3, -0.25) is 4.79 Å². The number of aldehydes is 1. The zero-order chi connectivity index (χ0) is 10.7. The quantitative estimate of drug-likeness (QED) is 0.598. The van der Waals surface area contributed by atoms with Crippen LogP contribution in [0.15, 0.2) is 53.4 Å². The minimum atomic E-state index is 0.645. The van der Waals surface area contributed by atoms with E-state index in [0.29, 0.717) is 10.5 Å². The number of rotatable bonds is 2. The summed E-state index contributed by atoms with van der Waals surface area (Å²) in [5.74, 6) is 0. The Hall–Kier alpha value is -1.54. The van der Waals surface area contributed by atoms with Gasteiger partial charge < -0.3 is 0 Å². The third-order valence-electron chi connectivity index (χ3n) is 2.29. The second-order valence-corrected chi connectivity index (χ2v) is 3.70. The summed E-state index contributed by atoms with van der Waals surface area (Å²) in [6, 6.07) is 15.5. The molecule has 0 saturated heterocycles. The lowest BCUT2D eigenvalue weighted by Crippen LogP contribution is -1.88. The highest BCUT2D eigenvalue weighted by Gasteiger charge is 2.06. The van der Waals surface area contributed by atoms with Gasteiger partial charge in [0.15, 0.2) is 6.29 Å². The minimum absolute atomic E-state index is 0.645. The first-order valence-electron chi connectivity index (χ1n) is 4.65. The van der Waals surface area contributed by atoms with Gasteiger partial charge in [0, 0.05) is 10.5 Å². The van der Waals surface area contributed by atoms with E-state index in [9.17, 15) is 4.79 Å². The maximum absolute atomic E-state index is 11.0. The maximum atomic E-state index is 11.0. The molecule has 0 saturated carbocycles. The second-order valence-electron chi connectivity index (χ2n) is 3.22. The highest BCUT2D eigenvalue weighted by molar-refractivity contribution is 7.80. The highest BCUT2D eigenvalue weighted by atomic mass is 32.1. The Morgan fingerprint density at radius 2 is 1.67 bits per heavy atom. The van der Waals surface area contributed by atoms with Crippen LogP contribution in [0.1, 0.15) is 10.4 Å². The van der Waals surface area contributed by atoms with Crippen LogP contribution in [0, 0.1) is 0 Å². The Kier molecular flexibility index (Phi) is 2.88. The van der Waals surface area contributed by atoms with Crippen molar-refractivity contribution in [1.29, 1.82) is 0 Å². The third kappa shape index (κ3) is 1.95. The molecule has 0 aliphatic carbocycles. The first-order valence-corrected chi connectivity index (χ1v) is 5.10. The van der Waals surface area contributed by atoms with Crippen molar-refractivity contribution in [3.05, 3.63) is 54.1 Å². The molecule has 0 atom stereocenters. The van der Waals surface area contributed by atoms with Crippen LogP contribution >= 0.6 is 12.6 Å². The molecule has 2 rings (SSSR count). The molecule has 0 unspecified atom stereocenters. The van der Waals surface area contributed by atoms with Gasteiger partial charge in [-0.1, -0.05) is 42.5 Å².